The Balaban J connectivity index is 2.22. The Kier molecular flexibility index (Phi) is 7.96. The van der Waals surface area contributed by atoms with Crippen molar-refractivity contribution in [1.82, 2.24) is 0 Å². The maximum atomic E-state index is 13.3. The predicted octanol–water partition coefficient (Wildman–Crippen LogP) is 2.72. The number of unbranched alkanes of at least 4 members (excludes halogenated alkanes) is 2. The van der Waals surface area contributed by atoms with Gasteiger partial charge < -0.3 is 14.9 Å². The van der Waals surface area contributed by atoms with Crippen molar-refractivity contribution in [1.29, 1.82) is 0 Å². The number of rotatable bonds is 9. The van der Waals surface area contributed by atoms with Crippen molar-refractivity contribution in [3.8, 4) is 0 Å². The number of methoxy groups -OCH3 is 1. The third kappa shape index (κ3) is 7.36. The van der Waals surface area contributed by atoms with E-state index in [1.165, 1.54) is 0 Å². The molecule has 0 fully saturated rings. The van der Waals surface area contributed by atoms with Gasteiger partial charge in [0.15, 0.2) is 0 Å². The van der Waals surface area contributed by atoms with Crippen LogP contribution in [0.1, 0.15) is 19.3 Å². The molecule has 0 radical (unpaired) electrons. The van der Waals surface area contributed by atoms with Crippen LogP contribution in [0.15, 0.2) is 23.4 Å². The van der Waals surface area contributed by atoms with E-state index in [-0.39, 0.29) is 5.69 Å². The number of nitrogens with zero attached hydrogens (tertiary/aromatic N) is 1. The first kappa shape index (κ1) is 17.0. The smallest absolute Gasteiger partial charge is 0.270 e. The quantitative estimate of drug-likeness (QED) is 0.433. The van der Waals surface area contributed by atoms with Gasteiger partial charge in [0, 0.05) is 19.8 Å². The number of benzene rings is 1. The van der Waals surface area contributed by atoms with Crippen LogP contribution in [0.2, 0.25) is 0 Å². The van der Waals surface area contributed by atoms with Crippen molar-refractivity contribution < 1.29 is 23.1 Å². The summed E-state index contributed by atoms with van der Waals surface area (Å²) in [7, 11) is 1.64. The zero-order valence-corrected chi connectivity index (χ0v) is 11.8. The fourth-order valence-electron chi connectivity index (χ4n) is 1.48. The molecule has 0 atom stereocenters. The van der Waals surface area contributed by atoms with Crippen LogP contribution in [0.5, 0.6) is 0 Å². The summed E-state index contributed by atoms with van der Waals surface area (Å²) in [5.41, 5.74) is -0.118. The monoisotopic (exact) mass is 300 g/mol. The lowest BCUT2D eigenvalue weighted by Gasteiger charge is -2.03. The average Bonchev–Trinajstić information content (AvgIpc) is 2.45. The second-order valence-corrected chi connectivity index (χ2v) is 4.23. The summed E-state index contributed by atoms with van der Waals surface area (Å²) in [5.74, 6) is -2.22. The van der Waals surface area contributed by atoms with Gasteiger partial charge in [-0.2, -0.15) is 0 Å². The molecule has 0 spiro atoms. The van der Waals surface area contributed by atoms with Crippen LogP contribution in [0.25, 0.3) is 0 Å². The highest BCUT2D eigenvalue weighted by atomic mass is 19.1. The molecule has 0 aromatic heterocycles. The number of carbonyl (C=O) groups is 1. The molecule has 0 heterocycles. The van der Waals surface area contributed by atoms with Crippen molar-refractivity contribution in [2.24, 2.45) is 5.16 Å². The van der Waals surface area contributed by atoms with Gasteiger partial charge in [0.25, 0.3) is 5.91 Å². The SMILES string of the molecule is COCCCCCO/N=C/C(=O)Nc1ccc(F)cc1F. The van der Waals surface area contributed by atoms with E-state index >= 15 is 0 Å². The molecule has 1 amide bonds. The molecule has 0 saturated carbocycles. The minimum atomic E-state index is -0.851. The van der Waals surface area contributed by atoms with E-state index in [0.29, 0.717) is 19.3 Å². The molecule has 0 aliphatic heterocycles. The van der Waals surface area contributed by atoms with Gasteiger partial charge in [-0.05, 0) is 31.4 Å². The molecule has 0 unspecified atom stereocenters. The highest BCUT2D eigenvalue weighted by Gasteiger charge is 2.06. The molecule has 21 heavy (non-hydrogen) atoms. The molecular weight excluding hydrogens is 282 g/mol. The summed E-state index contributed by atoms with van der Waals surface area (Å²) in [4.78, 5) is 16.3. The Bertz CT molecular complexity index is 481. The van der Waals surface area contributed by atoms with Crippen molar-refractivity contribution in [2.45, 2.75) is 19.3 Å². The number of amides is 1. The summed E-state index contributed by atoms with van der Waals surface area (Å²) in [6, 6.07) is 2.86. The van der Waals surface area contributed by atoms with Crippen LogP contribution in [0.3, 0.4) is 0 Å². The van der Waals surface area contributed by atoms with Gasteiger partial charge in [0.1, 0.15) is 24.5 Å². The van der Waals surface area contributed by atoms with Crippen LogP contribution in [-0.2, 0) is 14.4 Å². The Labute approximate surface area is 121 Å². The maximum Gasteiger partial charge on any atom is 0.270 e. The van der Waals surface area contributed by atoms with E-state index in [1.54, 1.807) is 7.11 Å². The summed E-state index contributed by atoms with van der Waals surface area (Å²) >= 11 is 0. The average molecular weight is 300 g/mol. The zero-order chi connectivity index (χ0) is 15.5. The van der Waals surface area contributed by atoms with Crippen LogP contribution in [0.4, 0.5) is 14.5 Å². The number of nitrogens with one attached hydrogen (secondary N) is 1. The number of carbonyl (C=O) groups excluding carboxylic acids is 1. The van der Waals surface area contributed by atoms with Gasteiger partial charge in [-0.1, -0.05) is 5.16 Å². The molecule has 116 valence electrons. The molecule has 0 aliphatic carbocycles. The standard InChI is InChI=1S/C14H18F2N2O3/c1-20-7-3-2-4-8-21-17-10-14(19)18-13-6-5-11(15)9-12(13)16/h5-6,9-10H,2-4,7-8H2,1H3,(H,18,19)/b17-10+. The number of oxime groups is 1. The number of hydrogen-bond acceptors (Lipinski definition) is 4. The normalized spacial score (nSPS) is 10.8. The molecule has 5 nitrogen and oxygen atoms in total. The molecule has 1 aromatic carbocycles. The van der Waals surface area contributed by atoms with E-state index in [2.05, 4.69) is 10.5 Å². The van der Waals surface area contributed by atoms with Crippen molar-refractivity contribution in [3.63, 3.8) is 0 Å². The van der Waals surface area contributed by atoms with Crippen molar-refractivity contribution >= 4 is 17.8 Å². The molecule has 0 bridgehead atoms. The molecule has 0 aliphatic rings. The fraction of sp³-hybridized carbons (Fsp3) is 0.429. The van der Waals surface area contributed by atoms with E-state index in [0.717, 1.165) is 37.6 Å². The predicted molar refractivity (Wildman–Crippen MR) is 75.2 cm³/mol. The third-order valence-electron chi connectivity index (χ3n) is 2.52. The highest BCUT2D eigenvalue weighted by molar-refractivity contribution is 6.31. The van der Waals surface area contributed by atoms with Crippen LogP contribution < -0.4 is 5.32 Å². The maximum absolute atomic E-state index is 13.3. The first-order valence-corrected chi connectivity index (χ1v) is 6.54. The first-order chi connectivity index (χ1) is 10.1. The first-order valence-electron chi connectivity index (χ1n) is 6.54. The van der Waals surface area contributed by atoms with Gasteiger partial charge in [-0.3, -0.25) is 4.79 Å². The summed E-state index contributed by atoms with van der Waals surface area (Å²) in [6.07, 6.45) is 3.58. The second kappa shape index (κ2) is 9.82. The van der Waals surface area contributed by atoms with Gasteiger partial charge in [-0.15, -0.1) is 0 Å². The van der Waals surface area contributed by atoms with Crippen molar-refractivity contribution in [3.05, 3.63) is 29.8 Å². The van der Waals surface area contributed by atoms with Crippen LogP contribution in [-0.4, -0.2) is 32.4 Å². The molecule has 7 heteroatoms. The molecule has 1 N–H and O–H groups in total. The Morgan fingerprint density at radius 3 is 2.76 bits per heavy atom. The van der Waals surface area contributed by atoms with Crippen LogP contribution >= 0.6 is 0 Å². The van der Waals surface area contributed by atoms with E-state index in [9.17, 15) is 13.6 Å². The van der Waals surface area contributed by atoms with E-state index in [1.807, 2.05) is 0 Å². The molecule has 0 saturated heterocycles. The van der Waals surface area contributed by atoms with Gasteiger partial charge in [-0.25, -0.2) is 8.78 Å². The van der Waals surface area contributed by atoms with E-state index < -0.39 is 17.5 Å². The third-order valence-corrected chi connectivity index (χ3v) is 2.52. The van der Waals surface area contributed by atoms with Gasteiger partial charge in [0.05, 0.1) is 5.69 Å². The van der Waals surface area contributed by atoms with Gasteiger partial charge in [0.2, 0.25) is 0 Å². The minimum Gasteiger partial charge on any atom is -0.396 e. The lowest BCUT2D eigenvalue weighted by molar-refractivity contribution is -0.110. The van der Waals surface area contributed by atoms with Crippen LogP contribution in [0, 0.1) is 11.6 Å². The highest BCUT2D eigenvalue weighted by Crippen LogP contribution is 2.14. The number of anilines is 1. The van der Waals surface area contributed by atoms with E-state index in [4.69, 9.17) is 9.57 Å². The zero-order valence-electron chi connectivity index (χ0n) is 11.8. The molecule has 1 aromatic rings. The largest absolute Gasteiger partial charge is 0.396 e. The fourth-order valence-corrected chi connectivity index (χ4v) is 1.48. The number of ether oxygens (including phenoxy) is 1. The second-order valence-electron chi connectivity index (χ2n) is 4.23. The van der Waals surface area contributed by atoms with Crippen molar-refractivity contribution in [2.75, 3.05) is 25.6 Å². The Hall–Kier alpha value is -2.02. The van der Waals surface area contributed by atoms with Gasteiger partial charge >= 0.3 is 0 Å². The summed E-state index contributed by atoms with van der Waals surface area (Å²) < 4.78 is 30.8. The topological polar surface area (TPSA) is 59.9 Å². The molecular formula is C14H18F2N2O3. The Morgan fingerprint density at radius 1 is 1.29 bits per heavy atom. The minimum absolute atomic E-state index is 0.118. The number of halogens is 2. The lowest BCUT2D eigenvalue weighted by atomic mass is 10.2. The molecule has 1 rings (SSSR count). The number of hydrogen-bond donors (Lipinski definition) is 1. The Morgan fingerprint density at radius 2 is 2.05 bits per heavy atom. The lowest BCUT2D eigenvalue weighted by Crippen LogP contribution is -2.14. The summed E-state index contributed by atoms with van der Waals surface area (Å²) in [5, 5.41) is 5.70. The summed E-state index contributed by atoms with van der Waals surface area (Å²) in [6.45, 7) is 1.09.